The third-order valence-electron chi connectivity index (χ3n) is 2.17. The number of halogens is 1. The lowest BCUT2D eigenvalue weighted by atomic mass is 10.1. The van der Waals surface area contributed by atoms with Gasteiger partial charge in [-0.1, -0.05) is 0 Å². The van der Waals surface area contributed by atoms with Crippen molar-refractivity contribution in [2.75, 3.05) is 13.1 Å². The molecule has 1 aliphatic rings. The molecule has 0 unspecified atom stereocenters. The van der Waals surface area contributed by atoms with Crippen molar-refractivity contribution in [3.8, 4) is 0 Å². The number of alkyl halides is 1. The molecule has 1 N–H and O–H groups in total. The molecule has 2 nitrogen and oxygen atoms in total. The minimum Gasteiger partial charge on any atom is -0.389 e. The maximum atomic E-state index is 12.8. The fraction of sp³-hybridized carbons (Fsp3) is 1.00. The summed E-state index contributed by atoms with van der Waals surface area (Å²) >= 11 is 0. The second kappa shape index (κ2) is 2.72. The molecule has 1 heterocycles. The molecule has 1 fully saturated rings. The first-order chi connectivity index (χ1) is 4.91. The van der Waals surface area contributed by atoms with Crippen LogP contribution in [0.3, 0.4) is 0 Å². The molecule has 0 spiro atoms. The number of rotatable bonds is 0. The average molecular weight is 161 g/mol. The first-order valence-corrected chi connectivity index (χ1v) is 3.98. The van der Waals surface area contributed by atoms with Gasteiger partial charge in [-0.25, -0.2) is 4.39 Å². The van der Waals surface area contributed by atoms with Gasteiger partial charge in [0.05, 0.1) is 6.10 Å². The summed E-state index contributed by atoms with van der Waals surface area (Å²) in [5.41, 5.74) is -0.0260. The molecule has 0 aromatic heterocycles. The van der Waals surface area contributed by atoms with Gasteiger partial charge in [0.1, 0.15) is 6.17 Å². The molecule has 0 aromatic carbocycles. The van der Waals surface area contributed by atoms with E-state index in [0.29, 0.717) is 13.1 Å². The molecule has 0 amide bonds. The van der Waals surface area contributed by atoms with Gasteiger partial charge in [0.25, 0.3) is 0 Å². The van der Waals surface area contributed by atoms with E-state index in [4.69, 9.17) is 5.11 Å². The molecule has 3 heteroatoms. The summed E-state index contributed by atoms with van der Waals surface area (Å²) < 4.78 is 12.8. The first kappa shape index (κ1) is 8.94. The summed E-state index contributed by atoms with van der Waals surface area (Å²) in [6, 6.07) is 0. The Hall–Kier alpha value is -0.150. The fourth-order valence-corrected chi connectivity index (χ4v) is 1.29. The van der Waals surface area contributed by atoms with Crippen LogP contribution in [0.5, 0.6) is 0 Å². The smallest absolute Gasteiger partial charge is 0.140 e. The number of β-amino-alcohol motifs (C(OH)–C–C–N with tert-alkyl or cyclic N) is 1. The molecule has 1 saturated heterocycles. The quantitative estimate of drug-likeness (QED) is 0.568. The Balaban J connectivity index is 2.54. The number of aliphatic hydroxyl groups excluding tert-OH is 1. The molecule has 0 aliphatic carbocycles. The lowest BCUT2D eigenvalue weighted by Crippen LogP contribution is -2.40. The molecule has 66 valence electrons. The zero-order chi connectivity index (χ0) is 8.65. The van der Waals surface area contributed by atoms with Crippen LogP contribution in [0.25, 0.3) is 0 Å². The molecule has 0 saturated carbocycles. The van der Waals surface area contributed by atoms with Crippen molar-refractivity contribution in [3.05, 3.63) is 0 Å². The van der Waals surface area contributed by atoms with Crippen LogP contribution in [-0.2, 0) is 0 Å². The minimum atomic E-state index is -1.06. The van der Waals surface area contributed by atoms with Crippen molar-refractivity contribution < 1.29 is 9.50 Å². The largest absolute Gasteiger partial charge is 0.389 e. The van der Waals surface area contributed by atoms with E-state index in [-0.39, 0.29) is 5.54 Å². The highest BCUT2D eigenvalue weighted by Gasteiger charge is 2.36. The summed E-state index contributed by atoms with van der Waals surface area (Å²) in [7, 11) is 0. The van der Waals surface area contributed by atoms with Crippen molar-refractivity contribution >= 4 is 0 Å². The van der Waals surface area contributed by atoms with Gasteiger partial charge < -0.3 is 5.11 Å². The van der Waals surface area contributed by atoms with Crippen molar-refractivity contribution in [3.63, 3.8) is 0 Å². The highest BCUT2D eigenvalue weighted by atomic mass is 19.1. The van der Waals surface area contributed by atoms with Crippen LogP contribution in [0.15, 0.2) is 0 Å². The Labute approximate surface area is 67.0 Å². The maximum absolute atomic E-state index is 12.8. The molecular formula is C8H16FNO. The molecule has 1 aliphatic heterocycles. The first-order valence-electron chi connectivity index (χ1n) is 3.98. The van der Waals surface area contributed by atoms with Crippen molar-refractivity contribution in [2.24, 2.45) is 0 Å². The van der Waals surface area contributed by atoms with E-state index < -0.39 is 12.3 Å². The Kier molecular flexibility index (Phi) is 2.21. The predicted molar refractivity (Wildman–Crippen MR) is 42.2 cm³/mol. The molecule has 0 bridgehead atoms. The Morgan fingerprint density at radius 1 is 1.36 bits per heavy atom. The van der Waals surface area contributed by atoms with Crippen LogP contribution >= 0.6 is 0 Å². The molecule has 11 heavy (non-hydrogen) atoms. The summed E-state index contributed by atoms with van der Waals surface area (Å²) in [6.07, 6.45) is -1.84. The lowest BCUT2D eigenvalue weighted by molar-refractivity contribution is 0.109. The summed E-state index contributed by atoms with van der Waals surface area (Å²) in [6.45, 7) is 6.91. The molecule has 0 radical (unpaired) electrons. The van der Waals surface area contributed by atoms with Crippen LogP contribution in [0.1, 0.15) is 20.8 Å². The SMILES string of the molecule is CC(C)(C)N1C[C@@H](F)[C@@H](O)C1. The van der Waals surface area contributed by atoms with E-state index in [1.165, 1.54) is 0 Å². The fourth-order valence-electron chi connectivity index (χ4n) is 1.29. The maximum Gasteiger partial charge on any atom is 0.140 e. The van der Waals surface area contributed by atoms with E-state index in [1.54, 1.807) is 0 Å². The second-order valence-electron chi connectivity index (χ2n) is 4.16. The van der Waals surface area contributed by atoms with E-state index >= 15 is 0 Å². The lowest BCUT2D eigenvalue weighted by Gasteiger charge is -2.30. The van der Waals surface area contributed by atoms with Gasteiger partial charge >= 0.3 is 0 Å². The monoisotopic (exact) mass is 161 g/mol. The normalized spacial score (nSPS) is 34.6. The van der Waals surface area contributed by atoms with Gasteiger partial charge in [0.2, 0.25) is 0 Å². The third-order valence-corrected chi connectivity index (χ3v) is 2.17. The summed E-state index contributed by atoms with van der Waals surface area (Å²) in [4.78, 5) is 1.96. The van der Waals surface area contributed by atoms with Gasteiger partial charge in [0.15, 0.2) is 0 Å². The van der Waals surface area contributed by atoms with Crippen molar-refractivity contribution in [2.45, 2.75) is 38.6 Å². The number of hydrogen-bond donors (Lipinski definition) is 1. The molecule has 1 rings (SSSR count). The van der Waals surface area contributed by atoms with Gasteiger partial charge in [-0.05, 0) is 20.8 Å². The van der Waals surface area contributed by atoms with E-state index in [9.17, 15) is 4.39 Å². The molecule has 0 aromatic rings. The second-order valence-corrected chi connectivity index (χ2v) is 4.16. The van der Waals surface area contributed by atoms with E-state index in [0.717, 1.165) is 0 Å². The number of nitrogens with zero attached hydrogens (tertiary/aromatic N) is 1. The van der Waals surface area contributed by atoms with E-state index in [1.807, 2.05) is 25.7 Å². The highest BCUT2D eigenvalue weighted by Crippen LogP contribution is 2.22. The standard InChI is InChI=1S/C8H16FNO/c1-8(2,3)10-4-6(9)7(11)5-10/h6-7,11H,4-5H2,1-3H3/t6-,7+/m1/s1. The number of likely N-dealkylation sites (tertiary alicyclic amines) is 1. The minimum absolute atomic E-state index is 0.0260. The van der Waals surface area contributed by atoms with Gasteiger partial charge in [-0.15, -0.1) is 0 Å². The van der Waals surface area contributed by atoms with Crippen LogP contribution < -0.4 is 0 Å². The summed E-state index contributed by atoms with van der Waals surface area (Å²) in [5.74, 6) is 0. The van der Waals surface area contributed by atoms with E-state index in [2.05, 4.69) is 0 Å². The van der Waals surface area contributed by atoms with Gasteiger partial charge in [0, 0.05) is 18.6 Å². The Morgan fingerprint density at radius 3 is 2.09 bits per heavy atom. The zero-order valence-electron chi connectivity index (χ0n) is 7.34. The van der Waals surface area contributed by atoms with Crippen LogP contribution in [0.4, 0.5) is 4.39 Å². The van der Waals surface area contributed by atoms with Crippen molar-refractivity contribution in [1.29, 1.82) is 0 Å². The Bertz CT molecular complexity index is 134. The topological polar surface area (TPSA) is 23.5 Å². The van der Waals surface area contributed by atoms with Crippen LogP contribution in [0.2, 0.25) is 0 Å². The predicted octanol–water partition coefficient (Wildman–Crippen LogP) is 0.799. The van der Waals surface area contributed by atoms with Gasteiger partial charge in [-0.2, -0.15) is 0 Å². The summed E-state index contributed by atoms with van der Waals surface area (Å²) in [5, 5.41) is 9.11. The average Bonchev–Trinajstić information content (AvgIpc) is 2.11. The van der Waals surface area contributed by atoms with Crippen LogP contribution in [-0.4, -0.2) is 40.9 Å². The molecule has 2 atom stereocenters. The number of hydrogen-bond acceptors (Lipinski definition) is 2. The zero-order valence-corrected chi connectivity index (χ0v) is 7.34. The Morgan fingerprint density at radius 2 is 1.91 bits per heavy atom. The number of aliphatic hydroxyl groups is 1. The van der Waals surface area contributed by atoms with Crippen molar-refractivity contribution in [1.82, 2.24) is 4.90 Å². The van der Waals surface area contributed by atoms with Gasteiger partial charge in [-0.3, -0.25) is 4.90 Å². The third kappa shape index (κ3) is 1.91. The van der Waals surface area contributed by atoms with Crippen LogP contribution in [0, 0.1) is 0 Å². The molecular weight excluding hydrogens is 145 g/mol. The highest BCUT2D eigenvalue weighted by molar-refractivity contribution is 4.90.